The SMILES string of the molecule is O=Cc1cccc(C(O)C(O)CCNC(=O)OCc2ccccc2)n1. The van der Waals surface area contributed by atoms with E-state index in [1.807, 2.05) is 30.3 Å². The maximum absolute atomic E-state index is 11.6. The third-order valence-electron chi connectivity index (χ3n) is 3.50. The molecule has 1 aromatic heterocycles. The maximum Gasteiger partial charge on any atom is 0.407 e. The molecule has 7 heteroatoms. The van der Waals surface area contributed by atoms with Gasteiger partial charge in [-0.25, -0.2) is 9.78 Å². The number of benzene rings is 1. The molecule has 3 N–H and O–H groups in total. The van der Waals surface area contributed by atoms with Gasteiger partial charge in [0.2, 0.25) is 0 Å². The number of alkyl carbamates (subject to hydrolysis) is 1. The lowest BCUT2D eigenvalue weighted by atomic mass is 10.1. The standard InChI is InChI=1S/C18H20N2O5/c21-11-14-7-4-8-15(20-14)17(23)16(22)9-10-19-18(24)25-12-13-5-2-1-3-6-13/h1-8,11,16-17,22-23H,9-10,12H2,(H,19,24). The third-order valence-corrected chi connectivity index (χ3v) is 3.50. The lowest BCUT2D eigenvalue weighted by Crippen LogP contribution is -2.30. The van der Waals surface area contributed by atoms with Crippen molar-refractivity contribution in [2.45, 2.75) is 25.2 Å². The van der Waals surface area contributed by atoms with Crippen LogP contribution in [0.5, 0.6) is 0 Å². The van der Waals surface area contributed by atoms with E-state index in [0.717, 1.165) is 5.56 Å². The van der Waals surface area contributed by atoms with Crippen LogP contribution in [0, 0.1) is 0 Å². The van der Waals surface area contributed by atoms with E-state index in [2.05, 4.69) is 10.3 Å². The monoisotopic (exact) mass is 344 g/mol. The summed E-state index contributed by atoms with van der Waals surface area (Å²) in [6.45, 7) is 0.277. The number of aromatic nitrogens is 1. The summed E-state index contributed by atoms with van der Waals surface area (Å²) in [5, 5.41) is 22.5. The van der Waals surface area contributed by atoms with Crippen LogP contribution in [0.3, 0.4) is 0 Å². The van der Waals surface area contributed by atoms with Gasteiger partial charge in [0, 0.05) is 6.54 Å². The normalized spacial score (nSPS) is 12.9. The summed E-state index contributed by atoms with van der Waals surface area (Å²) in [7, 11) is 0. The summed E-state index contributed by atoms with van der Waals surface area (Å²) in [4.78, 5) is 26.2. The van der Waals surface area contributed by atoms with E-state index in [1.54, 1.807) is 6.07 Å². The smallest absolute Gasteiger partial charge is 0.407 e. The highest BCUT2D eigenvalue weighted by Crippen LogP contribution is 2.16. The number of hydrogen-bond donors (Lipinski definition) is 3. The van der Waals surface area contributed by atoms with E-state index in [-0.39, 0.29) is 31.0 Å². The molecule has 2 aromatic rings. The molecule has 0 saturated carbocycles. The molecule has 0 aliphatic rings. The number of ether oxygens (including phenoxy) is 1. The Morgan fingerprint density at radius 2 is 1.92 bits per heavy atom. The van der Waals surface area contributed by atoms with E-state index in [0.29, 0.717) is 6.29 Å². The first-order chi connectivity index (χ1) is 12.1. The van der Waals surface area contributed by atoms with Gasteiger partial charge < -0.3 is 20.3 Å². The quantitative estimate of drug-likeness (QED) is 0.628. The van der Waals surface area contributed by atoms with Crippen LogP contribution in [-0.4, -0.2) is 40.2 Å². The fourth-order valence-electron chi connectivity index (χ4n) is 2.15. The minimum atomic E-state index is -1.25. The van der Waals surface area contributed by atoms with E-state index in [9.17, 15) is 19.8 Å². The lowest BCUT2D eigenvalue weighted by Gasteiger charge is -2.17. The van der Waals surface area contributed by atoms with E-state index < -0.39 is 18.3 Å². The Hall–Kier alpha value is -2.77. The van der Waals surface area contributed by atoms with Crippen molar-refractivity contribution in [3.05, 3.63) is 65.5 Å². The van der Waals surface area contributed by atoms with Gasteiger partial charge >= 0.3 is 6.09 Å². The first-order valence-electron chi connectivity index (χ1n) is 7.83. The molecule has 1 amide bonds. The molecule has 0 bridgehead atoms. The summed E-state index contributed by atoms with van der Waals surface area (Å²) < 4.78 is 5.04. The summed E-state index contributed by atoms with van der Waals surface area (Å²) in [6, 6.07) is 13.8. The molecular formula is C18H20N2O5. The van der Waals surface area contributed by atoms with E-state index >= 15 is 0 Å². The van der Waals surface area contributed by atoms with Crippen LogP contribution in [-0.2, 0) is 11.3 Å². The second-order valence-electron chi connectivity index (χ2n) is 5.39. The van der Waals surface area contributed by atoms with Crippen molar-refractivity contribution in [1.29, 1.82) is 0 Å². The Morgan fingerprint density at radius 3 is 2.64 bits per heavy atom. The van der Waals surface area contributed by atoms with Crippen LogP contribution in [0.2, 0.25) is 0 Å². The first-order valence-corrected chi connectivity index (χ1v) is 7.83. The molecule has 0 saturated heterocycles. The van der Waals surface area contributed by atoms with Crippen molar-refractivity contribution in [3.8, 4) is 0 Å². The molecule has 0 fully saturated rings. The molecule has 0 aliphatic heterocycles. The van der Waals surface area contributed by atoms with Crippen molar-refractivity contribution in [3.63, 3.8) is 0 Å². The Bertz CT molecular complexity index is 693. The van der Waals surface area contributed by atoms with Crippen molar-refractivity contribution in [2.75, 3.05) is 6.54 Å². The first kappa shape index (κ1) is 18.6. The number of pyridine rings is 1. The average Bonchev–Trinajstić information content (AvgIpc) is 2.66. The zero-order valence-corrected chi connectivity index (χ0v) is 13.5. The topological polar surface area (TPSA) is 109 Å². The molecular weight excluding hydrogens is 324 g/mol. The average molecular weight is 344 g/mol. The highest BCUT2D eigenvalue weighted by molar-refractivity contribution is 5.71. The number of amides is 1. The fourth-order valence-corrected chi connectivity index (χ4v) is 2.15. The van der Waals surface area contributed by atoms with Crippen molar-refractivity contribution in [1.82, 2.24) is 10.3 Å². The minimum Gasteiger partial charge on any atom is -0.445 e. The van der Waals surface area contributed by atoms with Crippen LogP contribution in [0.25, 0.3) is 0 Å². The number of aldehydes is 1. The predicted molar refractivity (Wildman–Crippen MR) is 89.8 cm³/mol. The van der Waals surface area contributed by atoms with Crippen LogP contribution in [0.15, 0.2) is 48.5 Å². The Morgan fingerprint density at radius 1 is 1.16 bits per heavy atom. The molecule has 0 radical (unpaired) electrons. The Kier molecular flexibility index (Phi) is 7.06. The zero-order valence-electron chi connectivity index (χ0n) is 13.5. The number of carbonyl (C=O) groups excluding carboxylic acids is 2. The highest BCUT2D eigenvalue weighted by atomic mass is 16.5. The summed E-state index contributed by atoms with van der Waals surface area (Å²) in [5.74, 6) is 0. The number of aliphatic hydroxyl groups excluding tert-OH is 2. The lowest BCUT2D eigenvalue weighted by molar-refractivity contribution is 0.0111. The van der Waals surface area contributed by atoms with Crippen molar-refractivity contribution in [2.24, 2.45) is 0 Å². The van der Waals surface area contributed by atoms with Crippen molar-refractivity contribution >= 4 is 12.4 Å². The van der Waals surface area contributed by atoms with Crippen LogP contribution in [0.1, 0.15) is 34.3 Å². The summed E-state index contributed by atoms with van der Waals surface area (Å²) >= 11 is 0. The zero-order chi connectivity index (χ0) is 18.1. The fraction of sp³-hybridized carbons (Fsp3) is 0.278. The second kappa shape index (κ2) is 9.51. The van der Waals surface area contributed by atoms with Gasteiger partial charge in [0.25, 0.3) is 0 Å². The Labute approximate surface area is 145 Å². The molecule has 1 heterocycles. The third kappa shape index (κ3) is 5.98. The largest absolute Gasteiger partial charge is 0.445 e. The van der Waals surface area contributed by atoms with Gasteiger partial charge in [-0.15, -0.1) is 0 Å². The number of nitrogens with zero attached hydrogens (tertiary/aromatic N) is 1. The molecule has 0 spiro atoms. The maximum atomic E-state index is 11.6. The number of nitrogens with one attached hydrogen (secondary N) is 1. The molecule has 2 atom stereocenters. The minimum absolute atomic E-state index is 0.106. The van der Waals surface area contributed by atoms with Gasteiger partial charge in [0.15, 0.2) is 6.29 Å². The number of hydrogen-bond acceptors (Lipinski definition) is 6. The van der Waals surface area contributed by atoms with E-state index in [1.165, 1.54) is 12.1 Å². The molecule has 1 aromatic carbocycles. The highest BCUT2D eigenvalue weighted by Gasteiger charge is 2.20. The molecule has 132 valence electrons. The molecule has 25 heavy (non-hydrogen) atoms. The Balaban J connectivity index is 1.72. The van der Waals surface area contributed by atoms with Gasteiger partial charge in [0.05, 0.1) is 11.8 Å². The number of aliphatic hydroxyl groups is 2. The van der Waals surface area contributed by atoms with E-state index in [4.69, 9.17) is 4.74 Å². The van der Waals surface area contributed by atoms with Gasteiger partial charge in [-0.2, -0.15) is 0 Å². The molecule has 2 rings (SSSR count). The molecule has 7 nitrogen and oxygen atoms in total. The van der Waals surface area contributed by atoms with Gasteiger partial charge in [-0.05, 0) is 24.1 Å². The predicted octanol–water partition coefficient (Wildman–Crippen LogP) is 1.60. The van der Waals surface area contributed by atoms with Gasteiger partial charge in [-0.3, -0.25) is 4.79 Å². The second-order valence-corrected chi connectivity index (χ2v) is 5.39. The van der Waals surface area contributed by atoms with Crippen LogP contribution < -0.4 is 5.32 Å². The summed E-state index contributed by atoms with van der Waals surface area (Å²) in [6.07, 6.45) is -2.32. The number of rotatable bonds is 8. The van der Waals surface area contributed by atoms with Gasteiger partial charge in [0.1, 0.15) is 18.4 Å². The van der Waals surface area contributed by atoms with Gasteiger partial charge in [-0.1, -0.05) is 36.4 Å². The summed E-state index contributed by atoms with van der Waals surface area (Å²) in [5.41, 5.74) is 1.24. The van der Waals surface area contributed by atoms with Crippen LogP contribution in [0.4, 0.5) is 4.79 Å². The van der Waals surface area contributed by atoms with Crippen LogP contribution >= 0.6 is 0 Å². The molecule has 0 aliphatic carbocycles. The van der Waals surface area contributed by atoms with Crippen molar-refractivity contribution < 1.29 is 24.5 Å². The molecule has 2 unspecified atom stereocenters. The number of carbonyl (C=O) groups is 2.